The second-order valence-corrected chi connectivity index (χ2v) is 4.86. The highest BCUT2D eigenvalue weighted by atomic mass is 16.5. The molecule has 7 nitrogen and oxygen atoms in total. The Balaban J connectivity index is 1.71. The van der Waals surface area contributed by atoms with E-state index < -0.39 is 0 Å². The van der Waals surface area contributed by atoms with E-state index in [-0.39, 0.29) is 11.6 Å². The number of aryl methyl sites for hydroxylation is 2. The molecule has 0 saturated carbocycles. The van der Waals surface area contributed by atoms with Crippen LogP contribution >= 0.6 is 0 Å². The minimum Gasteiger partial charge on any atom is -0.361 e. The summed E-state index contributed by atoms with van der Waals surface area (Å²) in [6.45, 7) is 2.09. The molecular formula is C15H15N5O2. The molecule has 0 aliphatic rings. The molecule has 0 spiro atoms. The lowest BCUT2D eigenvalue weighted by Gasteiger charge is -2.02. The molecular weight excluding hydrogens is 282 g/mol. The topological polar surface area (TPSA) is 85.8 Å². The molecule has 0 radical (unpaired) electrons. The Hall–Kier alpha value is -2.96. The van der Waals surface area contributed by atoms with Crippen molar-refractivity contribution in [1.82, 2.24) is 25.2 Å². The van der Waals surface area contributed by atoms with E-state index in [0.29, 0.717) is 12.3 Å². The Labute approximate surface area is 127 Å². The molecule has 7 heteroatoms. The first-order valence-corrected chi connectivity index (χ1v) is 6.79. The van der Waals surface area contributed by atoms with Crippen molar-refractivity contribution in [3.8, 4) is 11.4 Å². The first-order valence-electron chi connectivity index (χ1n) is 6.79. The number of hydrogen-bond donors (Lipinski definition) is 1. The summed E-state index contributed by atoms with van der Waals surface area (Å²) in [5, 5.41) is 10.9. The normalized spacial score (nSPS) is 10.6. The van der Waals surface area contributed by atoms with E-state index in [1.165, 1.54) is 0 Å². The van der Waals surface area contributed by atoms with E-state index in [0.717, 1.165) is 17.1 Å². The van der Waals surface area contributed by atoms with Gasteiger partial charge >= 0.3 is 0 Å². The standard InChI is InChI=1S/C15H15N5O2/c1-10-7-14(19-22-10)15(21)17-9-11-8-13(18-20(11)2)12-5-3-4-6-16-12/h3-8H,9H2,1-2H3,(H,17,21). The van der Waals surface area contributed by atoms with Crippen LogP contribution < -0.4 is 5.32 Å². The average molecular weight is 297 g/mol. The fraction of sp³-hybridized carbons (Fsp3) is 0.200. The van der Waals surface area contributed by atoms with Crippen LogP contribution in [0.2, 0.25) is 0 Å². The Kier molecular flexibility index (Phi) is 3.69. The lowest BCUT2D eigenvalue weighted by Crippen LogP contribution is -2.24. The fourth-order valence-electron chi connectivity index (χ4n) is 2.05. The largest absolute Gasteiger partial charge is 0.361 e. The van der Waals surface area contributed by atoms with Crippen LogP contribution in [0.5, 0.6) is 0 Å². The van der Waals surface area contributed by atoms with E-state index in [2.05, 4.69) is 20.6 Å². The molecule has 0 atom stereocenters. The van der Waals surface area contributed by atoms with E-state index >= 15 is 0 Å². The van der Waals surface area contributed by atoms with Crippen molar-refractivity contribution in [3.05, 3.63) is 53.7 Å². The van der Waals surface area contributed by atoms with Crippen LogP contribution in [0, 0.1) is 6.92 Å². The summed E-state index contributed by atoms with van der Waals surface area (Å²) in [6, 6.07) is 9.15. The van der Waals surface area contributed by atoms with Crippen molar-refractivity contribution in [3.63, 3.8) is 0 Å². The van der Waals surface area contributed by atoms with Gasteiger partial charge in [0.2, 0.25) is 0 Å². The van der Waals surface area contributed by atoms with E-state index in [1.807, 2.05) is 31.3 Å². The van der Waals surface area contributed by atoms with Gasteiger partial charge in [-0.05, 0) is 25.1 Å². The number of nitrogens with zero attached hydrogens (tertiary/aromatic N) is 4. The van der Waals surface area contributed by atoms with Gasteiger partial charge in [-0.1, -0.05) is 11.2 Å². The molecule has 0 saturated heterocycles. The maximum Gasteiger partial charge on any atom is 0.273 e. The third-order valence-corrected chi connectivity index (χ3v) is 3.19. The molecule has 3 rings (SSSR count). The molecule has 0 bridgehead atoms. The van der Waals surface area contributed by atoms with Crippen molar-refractivity contribution in [1.29, 1.82) is 0 Å². The van der Waals surface area contributed by atoms with Gasteiger partial charge in [-0.3, -0.25) is 14.5 Å². The van der Waals surface area contributed by atoms with Crippen LogP contribution in [0.3, 0.4) is 0 Å². The summed E-state index contributed by atoms with van der Waals surface area (Å²) in [7, 11) is 1.83. The van der Waals surface area contributed by atoms with Gasteiger partial charge < -0.3 is 9.84 Å². The van der Waals surface area contributed by atoms with E-state index in [1.54, 1.807) is 23.9 Å². The molecule has 22 heavy (non-hydrogen) atoms. The lowest BCUT2D eigenvalue weighted by molar-refractivity contribution is 0.0941. The molecule has 1 amide bonds. The molecule has 1 N–H and O–H groups in total. The smallest absolute Gasteiger partial charge is 0.273 e. The van der Waals surface area contributed by atoms with Crippen LogP contribution in [-0.4, -0.2) is 25.8 Å². The molecule has 3 heterocycles. The van der Waals surface area contributed by atoms with Crippen LogP contribution in [-0.2, 0) is 13.6 Å². The molecule has 0 unspecified atom stereocenters. The van der Waals surface area contributed by atoms with E-state index in [9.17, 15) is 4.79 Å². The van der Waals surface area contributed by atoms with Gasteiger partial charge in [0.25, 0.3) is 5.91 Å². The van der Waals surface area contributed by atoms with Gasteiger partial charge in [0.15, 0.2) is 5.69 Å². The Morgan fingerprint density at radius 1 is 1.32 bits per heavy atom. The second kappa shape index (κ2) is 5.80. The summed E-state index contributed by atoms with van der Waals surface area (Å²) < 4.78 is 6.61. The van der Waals surface area contributed by atoms with E-state index in [4.69, 9.17) is 4.52 Å². The highest BCUT2D eigenvalue weighted by molar-refractivity contribution is 5.92. The maximum atomic E-state index is 11.9. The zero-order valence-electron chi connectivity index (χ0n) is 12.3. The Bertz CT molecular complexity index is 791. The highest BCUT2D eigenvalue weighted by Gasteiger charge is 2.13. The molecule has 112 valence electrons. The predicted molar refractivity (Wildman–Crippen MR) is 78.8 cm³/mol. The lowest BCUT2D eigenvalue weighted by atomic mass is 10.2. The summed E-state index contributed by atoms with van der Waals surface area (Å²) in [5.41, 5.74) is 2.70. The summed E-state index contributed by atoms with van der Waals surface area (Å²) >= 11 is 0. The van der Waals surface area contributed by atoms with Crippen LogP contribution in [0.25, 0.3) is 11.4 Å². The van der Waals surface area contributed by atoms with Crippen molar-refractivity contribution in [2.45, 2.75) is 13.5 Å². The van der Waals surface area contributed by atoms with Gasteiger partial charge in [0.05, 0.1) is 17.9 Å². The molecule has 0 aliphatic heterocycles. The molecule has 0 aliphatic carbocycles. The first-order chi connectivity index (χ1) is 10.6. The number of aromatic nitrogens is 4. The van der Waals surface area contributed by atoms with Gasteiger partial charge in [-0.15, -0.1) is 0 Å². The number of pyridine rings is 1. The summed E-state index contributed by atoms with van der Waals surface area (Å²) in [6.07, 6.45) is 1.72. The number of nitrogens with one attached hydrogen (secondary N) is 1. The maximum absolute atomic E-state index is 11.9. The van der Waals surface area contributed by atoms with Gasteiger partial charge in [0, 0.05) is 19.3 Å². The molecule has 0 fully saturated rings. The van der Waals surface area contributed by atoms with Crippen molar-refractivity contribution < 1.29 is 9.32 Å². The second-order valence-electron chi connectivity index (χ2n) is 4.86. The van der Waals surface area contributed by atoms with Crippen molar-refractivity contribution in [2.24, 2.45) is 7.05 Å². The third kappa shape index (κ3) is 2.88. The molecule has 3 aromatic rings. The fourth-order valence-corrected chi connectivity index (χ4v) is 2.05. The number of hydrogen-bond acceptors (Lipinski definition) is 5. The van der Waals surface area contributed by atoms with Crippen molar-refractivity contribution >= 4 is 5.91 Å². The number of carbonyl (C=O) groups is 1. The highest BCUT2D eigenvalue weighted by Crippen LogP contribution is 2.15. The van der Waals surface area contributed by atoms with Crippen LogP contribution in [0.4, 0.5) is 0 Å². The summed E-state index contributed by atoms with van der Waals surface area (Å²) in [4.78, 5) is 16.2. The Morgan fingerprint density at radius 3 is 2.86 bits per heavy atom. The predicted octanol–water partition coefficient (Wildman–Crippen LogP) is 1.71. The Morgan fingerprint density at radius 2 is 2.18 bits per heavy atom. The monoisotopic (exact) mass is 297 g/mol. The zero-order valence-corrected chi connectivity index (χ0v) is 12.3. The van der Waals surface area contributed by atoms with Crippen LogP contribution in [0.15, 0.2) is 41.1 Å². The SMILES string of the molecule is Cc1cc(C(=O)NCc2cc(-c3ccccn3)nn2C)no1. The first kappa shape index (κ1) is 14.0. The van der Waals surface area contributed by atoms with Gasteiger partial charge in [-0.25, -0.2) is 0 Å². The molecule has 3 aromatic heterocycles. The third-order valence-electron chi connectivity index (χ3n) is 3.19. The minimum absolute atomic E-state index is 0.268. The molecule has 0 aromatic carbocycles. The van der Waals surface area contributed by atoms with Gasteiger partial charge in [0.1, 0.15) is 11.5 Å². The van der Waals surface area contributed by atoms with Crippen LogP contribution in [0.1, 0.15) is 21.9 Å². The summed E-state index contributed by atoms with van der Waals surface area (Å²) in [5.74, 6) is 0.320. The zero-order chi connectivity index (χ0) is 15.5. The average Bonchev–Trinajstić information content (AvgIpc) is 3.12. The number of amides is 1. The van der Waals surface area contributed by atoms with Gasteiger partial charge in [-0.2, -0.15) is 5.10 Å². The number of rotatable bonds is 4. The number of carbonyl (C=O) groups excluding carboxylic acids is 1. The minimum atomic E-state index is -0.280. The quantitative estimate of drug-likeness (QED) is 0.792. The van der Waals surface area contributed by atoms with Crippen molar-refractivity contribution in [2.75, 3.05) is 0 Å².